The van der Waals surface area contributed by atoms with Crippen LogP contribution in [0.5, 0.6) is 0 Å². The Hall–Kier alpha value is -0.975. The second-order valence-electron chi connectivity index (χ2n) is 2.17. The van der Waals surface area contributed by atoms with Crippen LogP contribution in [0.2, 0.25) is 12.6 Å². The van der Waals surface area contributed by atoms with Gasteiger partial charge in [-0.2, -0.15) is 0 Å². The summed E-state index contributed by atoms with van der Waals surface area (Å²) in [5, 5.41) is 11.0. The van der Waals surface area contributed by atoms with Gasteiger partial charge in [0.05, 0.1) is 0 Å². The zero-order valence-corrected chi connectivity index (χ0v) is 5.05. The van der Waals surface area contributed by atoms with Gasteiger partial charge in [-0.3, -0.25) is 4.79 Å². The Morgan fingerprint density at radius 3 is 3.00 bits per heavy atom. The van der Waals surface area contributed by atoms with Crippen LogP contribution in [0.15, 0.2) is 0 Å². The van der Waals surface area contributed by atoms with E-state index in [1.165, 1.54) is 0 Å². The number of carbonyl (C=O) groups is 1. The molecule has 1 aliphatic rings. The first-order valence-corrected chi connectivity index (χ1v) is 2.99. The first kappa shape index (κ1) is 6.15. The van der Waals surface area contributed by atoms with Crippen LogP contribution in [0.1, 0.15) is 0 Å². The van der Waals surface area contributed by atoms with Crippen LogP contribution >= 0.6 is 0 Å². The Morgan fingerprint density at radius 1 is 1.78 bits per heavy atom. The lowest BCUT2D eigenvalue weighted by molar-refractivity contribution is -0.119. The Morgan fingerprint density at radius 2 is 2.56 bits per heavy atom. The third-order valence-electron chi connectivity index (χ3n) is 1.43. The molecule has 0 radical (unpaired) electrons. The first-order chi connectivity index (χ1) is 4.33. The molecule has 3 nitrogen and oxygen atoms in total. The second kappa shape index (κ2) is 2.54. The molecule has 0 atom stereocenters. The van der Waals surface area contributed by atoms with Crippen LogP contribution in [0.25, 0.3) is 0 Å². The third kappa shape index (κ3) is 1.46. The summed E-state index contributed by atoms with van der Waals surface area (Å²) in [7, 11) is 0. The highest BCUT2D eigenvalue weighted by atomic mass is 16.1. The molecule has 0 bridgehead atoms. The normalized spacial score (nSPS) is 18.6. The van der Waals surface area contributed by atoms with E-state index in [0.717, 1.165) is 6.32 Å². The molecule has 4 heteroatoms. The summed E-state index contributed by atoms with van der Waals surface area (Å²) < 4.78 is 0. The van der Waals surface area contributed by atoms with Crippen molar-refractivity contribution < 1.29 is 4.79 Å². The van der Waals surface area contributed by atoms with E-state index in [9.17, 15) is 4.79 Å². The van der Waals surface area contributed by atoms with Gasteiger partial charge >= 0.3 is 0 Å². The van der Waals surface area contributed by atoms with Crippen molar-refractivity contribution in [1.29, 1.82) is 5.26 Å². The van der Waals surface area contributed by atoms with Crippen LogP contribution in [0.4, 0.5) is 0 Å². The summed E-state index contributed by atoms with van der Waals surface area (Å²) in [6.07, 6.45) is 1.19. The molecule has 1 N–H and O–H groups in total. The molecule has 1 rings (SSSR count). The minimum Gasteiger partial charge on any atom is -0.357 e. The third-order valence-corrected chi connectivity index (χ3v) is 1.43. The average Bonchev–Trinajstić information content (AvgIpc) is 1.88. The van der Waals surface area contributed by atoms with Crippen molar-refractivity contribution in [1.82, 2.24) is 5.32 Å². The van der Waals surface area contributed by atoms with Gasteiger partial charge in [-0.25, -0.2) is 5.26 Å². The van der Waals surface area contributed by atoms with E-state index < -0.39 is 0 Å². The molecule has 0 aromatic rings. The van der Waals surface area contributed by atoms with Gasteiger partial charge in [0.15, 0.2) is 0 Å². The average molecular weight is 122 g/mol. The van der Waals surface area contributed by atoms with Crippen LogP contribution < -0.4 is 5.32 Å². The highest BCUT2D eigenvalue weighted by Crippen LogP contribution is 2.02. The van der Waals surface area contributed by atoms with Crippen LogP contribution in [-0.4, -0.2) is 19.2 Å². The van der Waals surface area contributed by atoms with Crippen LogP contribution in [-0.2, 0) is 4.79 Å². The lowest BCUT2D eigenvalue weighted by Crippen LogP contribution is -2.36. The van der Waals surface area contributed by atoms with E-state index in [0.29, 0.717) is 12.9 Å². The minimum atomic E-state index is -0.0428. The molecule has 1 aliphatic heterocycles. The number of nitrogens with one attached hydrogen (secondary N) is 1. The van der Waals surface area contributed by atoms with E-state index in [4.69, 9.17) is 5.26 Å². The molecule has 0 saturated carbocycles. The SMILES string of the molecule is N#CB1CCNC(=O)C1. The smallest absolute Gasteiger partial charge is 0.278 e. The standard InChI is InChI=1S/C5H7BN2O/c7-4-6-1-2-8-5(9)3-6/h1-3H2,(H,8,9). The summed E-state index contributed by atoms with van der Waals surface area (Å²) in [5.74, 6) is 2.08. The summed E-state index contributed by atoms with van der Waals surface area (Å²) in [6, 6.07) is 0. The van der Waals surface area contributed by atoms with E-state index in [1.54, 1.807) is 0 Å². The van der Waals surface area contributed by atoms with E-state index in [2.05, 4.69) is 11.3 Å². The molecular formula is C5H7BN2O. The molecule has 0 aromatic heterocycles. The van der Waals surface area contributed by atoms with Gasteiger partial charge in [0.2, 0.25) is 5.91 Å². The number of hydrogen-bond donors (Lipinski definition) is 1. The highest BCUT2D eigenvalue weighted by Gasteiger charge is 2.22. The number of hydrogen-bond acceptors (Lipinski definition) is 2. The summed E-state index contributed by atoms with van der Waals surface area (Å²) >= 11 is 0. The maximum absolute atomic E-state index is 10.6. The fourth-order valence-corrected chi connectivity index (χ4v) is 0.894. The molecule has 1 amide bonds. The quantitative estimate of drug-likeness (QED) is 0.447. The molecule has 1 fully saturated rings. The topological polar surface area (TPSA) is 52.9 Å². The minimum absolute atomic E-state index is 0.00722. The van der Waals surface area contributed by atoms with Gasteiger partial charge in [-0.05, 0) is 6.32 Å². The molecule has 1 heterocycles. The van der Waals surface area contributed by atoms with E-state index >= 15 is 0 Å². The largest absolute Gasteiger partial charge is 0.357 e. The van der Waals surface area contributed by atoms with Crippen molar-refractivity contribution in [3.8, 4) is 5.97 Å². The lowest BCUT2D eigenvalue weighted by Gasteiger charge is -2.12. The monoisotopic (exact) mass is 122 g/mol. The fourth-order valence-electron chi connectivity index (χ4n) is 0.894. The van der Waals surface area contributed by atoms with E-state index in [1.807, 2.05) is 0 Å². The number of nitriles is 1. The molecule has 0 aromatic carbocycles. The predicted molar refractivity (Wildman–Crippen MR) is 34.0 cm³/mol. The zero-order chi connectivity index (χ0) is 6.69. The molecule has 46 valence electrons. The van der Waals surface area contributed by atoms with Crippen molar-refractivity contribution in [3.05, 3.63) is 0 Å². The van der Waals surface area contributed by atoms with Gasteiger partial charge in [-0.1, -0.05) is 0 Å². The van der Waals surface area contributed by atoms with Crippen molar-refractivity contribution >= 4 is 12.6 Å². The molecule has 0 aliphatic carbocycles. The van der Waals surface area contributed by atoms with Gasteiger partial charge in [-0.15, -0.1) is 0 Å². The summed E-state index contributed by atoms with van der Waals surface area (Å²) in [4.78, 5) is 10.6. The molecule has 0 unspecified atom stereocenters. The van der Waals surface area contributed by atoms with Gasteiger partial charge in [0.25, 0.3) is 6.71 Å². The van der Waals surface area contributed by atoms with Crippen LogP contribution in [0, 0.1) is 11.2 Å². The van der Waals surface area contributed by atoms with Gasteiger partial charge in [0.1, 0.15) is 0 Å². The zero-order valence-electron chi connectivity index (χ0n) is 5.05. The predicted octanol–water partition coefficient (Wildman–Crippen LogP) is -0.326. The van der Waals surface area contributed by atoms with Crippen LogP contribution in [0.3, 0.4) is 0 Å². The van der Waals surface area contributed by atoms with Crippen molar-refractivity contribution in [2.75, 3.05) is 6.54 Å². The molecule has 1 saturated heterocycles. The van der Waals surface area contributed by atoms with Crippen molar-refractivity contribution in [2.24, 2.45) is 0 Å². The van der Waals surface area contributed by atoms with Gasteiger partial charge < -0.3 is 5.32 Å². The number of carbonyl (C=O) groups excluding carboxylic acids is 1. The second-order valence-corrected chi connectivity index (χ2v) is 2.17. The highest BCUT2D eigenvalue weighted by molar-refractivity contribution is 6.70. The lowest BCUT2D eigenvalue weighted by atomic mass is 9.45. The number of amides is 1. The Balaban J connectivity index is 2.43. The van der Waals surface area contributed by atoms with Crippen molar-refractivity contribution in [2.45, 2.75) is 12.6 Å². The van der Waals surface area contributed by atoms with E-state index in [-0.39, 0.29) is 12.6 Å². The molecular weight excluding hydrogens is 115 g/mol. The van der Waals surface area contributed by atoms with Crippen molar-refractivity contribution in [3.63, 3.8) is 0 Å². The Kier molecular flexibility index (Phi) is 1.73. The maximum Gasteiger partial charge on any atom is 0.278 e. The Labute approximate surface area is 54.1 Å². The summed E-state index contributed by atoms with van der Waals surface area (Å²) in [5.41, 5.74) is 0. The maximum atomic E-state index is 10.6. The van der Waals surface area contributed by atoms with Gasteiger partial charge in [0, 0.05) is 18.8 Å². The molecule has 0 spiro atoms. The number of rotatable bonds is 0. The molecule has 9 heavy (non-hydrogen) atoms. The fraction of sp³-hybridized carbons (Fsp3) is 0.600. The number of nitrogens with zero attached hydrogens (tertiary/aromatic N) is 1. The Bertz CT molecular complexity index is 163. The first-order valence-electron chi connectivity index (χ1n) is 2.99. The summed E-state index contributed by atoms with van der Waals surface area (Å²) in [6.45, 7) is 0.621.